The van der Waals surface area contributed by atoms with Gasteiger partial charge in [-0.05, 0) is 55.2 Å². The topological polar surface area (TPSA) is 114 Å². The largest absolute Gasteiger partial charge is 0.433 e. The molecule has 3 aromatic heterocycles. The number of nitrogen functional groups attached to an aromatic ring is 1. The summed E-state index contributed by atoms with van der Waals surface area (Å²) in [6, 6.07) is 11.1. The molecule has 0 aliphatic carbocycles. The number of ketones is 1. The second-order valence-electron chi connectivity index (χ2n) is 10.9. The number of anilines is 2. The number of rotatable bonds is 7. The second-order valence-corrected chi connectivity index (χ2v) is 10.9. The van der Waals surface area contributed by atoms with Crippen molar-refractivity contribution in [3.05, 3.63) is 88.9 Å². The van der Waals surface area contributed by atoms with E-state index in [4.69, 9.17) is 10.5 Å². The van der Waals surface area contributed by atoms with Gasteiger partial charge in [-0.15, -0.1) is 0 Å². The van der Waals surface area contributed by atoms with Crippen molar-refractivity contribution in [1.29, 1.82) is 0 Å². The van der Waals surface area contributed by atoms with E-state index in [1.165, 1.54) is 40.5 Å². The number of nitrogens with two attached hydrogens (primary N) is 1. The molecule has 5 heterocycles. The van der Waals surface area contributed by atoms with Crippen LogP contribution in [-0.4, -0.2) is 51.7 Å². The zero-order valence-electron chi connectivity index (χ0n) is 23.0. The number of aromatic nitrogens is 4. The lowest BCUT2D eigenvalue weighted by molar-refractivity contribution is 0.103. The molecule has 2 aromatic carbocycles. The summed E-state index contributed by atoms with van der Waals surface area (Å²) >= 11 is 0. The van der Waals surface area contributed by atoms with E-state index < -0.39 is 17.4 Å². The van der Waals surface area contributed by atoms with E-state index in [2.05, 4.69) is 31.3 Å². The molecule has 214 valence electrons. The first-order valence-electron chi connectivity index (χ1n) is 13.9. The molecule has 0 atom stereocenters. The maximum Gasteiger partial charge on any atom is 0.219 e. The highest BCUT2D eigenvalue weighted by Gasteiger charge is 2.27. The summed E-state index contributed by atoms with van der Waals surface area (Å²) in [7, 11) is 0. The smallest absolute Gasteiger partial charge is 0.219 e. The Bertz CT molecular complexity index is 1820. The lowest BCUT2D eigenvalue weighted by Gasteiger charge is -2.38. The fourth-order valence-electron chi connectivity index (χ4n) is 5.83. The monoisotopic (exact) mass is 569 g/mol. The highest BCUT2D eigenvalue weighted by atomic mass is 19.1. The van der Waals surface area contributed by atoms with Crippen LogP contribution in [-0.2, 0) is 6.42 Å². The van der Waals surface area contributed by atoms with Crippen molar-refractivity contribution in [3.8, 4) is 17.3 Å². The number of nitrogens with one attached hydrogen (secondary N) is 2. The first-order chi connectivity index (χ1) is 20.4. The van der Waals surface area contributed by atoms with Gasteiger partial charge in [0.2, 0.25) is 17.4 Å². The summed E-state index contributed by atoms with van der Waals surface area (Å²) in [5, 5.41) is 8.75. The molecule has 1 saturated heterocycles. The number of carbonyl (C=O) groups excluding carboxylic acids is 1. The number of hydrogen-bond donors (Lipinski definition) is 3. The number of halogens is 2. The van der Waals surface area contributed by atoms with Crippen LogP contribution in [0.25, 0.3) is 16.6 Å². The second kappa shape index (κ2) is 10.3. The minimum atomic E-state index is -0.834. The lowest BCUT2D eigenvalue weighted by atomic mass is 9.95. The third-order valence-corrected chi connectivity index (χ3v) is 8.10. The van der Waals surface area contributed by atoms with Crippen LogP contribution in [0.15, 0.2) is 54.9 Å². The molecule has 0 spiro atoms. The number of benzene rings is 2. The molecule has 0 unspecified atom stereocenters. The number of ether oxygens (including phenoxy) is 1. The standard InChI is InChI=1S/C31H29F2N7O2/c1-17-10-27(42-30-22(32)5-2-6-23(30)33)36-15-26(17)40-31(34)21(14-37-40)29(41)25-11-20-24(38-25)8-7-19-4-3-9-39(28(19)20)16-18-12-35-13-18/h2,5-8,10-11,14-15,18,35,38H,3-4,9,12-13,16,34H2,1H3. The van der Waals surface area contributed by atoms with Crippen molar-refractivity contribution in [1.82, 2.24) is 25.1 Å². The quantitative estimate of drug-likeness (QED) is 0.239. The summed E-state index contributed by atoms with van der Waals surface area (Å²) < 4.78 is 34.8. The number of nitrogens with zero attached hydrogens (tertiary/aromatic N) is 4. The van der Waals surface area contributed by atoms with E-state index in [1.807, 2.05) is 12.1 Å². The molecule has 2 aliphatic heterocycles. The predicted molar refractivity (Wildman–Crippen MR) is 156 cm³/mol. The molecule has 9 nitrogen and oxygen atoms in total. The fourth-order valence-corrected chi connectivity index (χ4v) is 5.83. The first-order valence-corrected chi connectivity index (χ1v) is 13.9. The van der Waals surface area contributed by atoms with Crippen LogP contribution < -0.4 is 20.7 Å². The van der Waals surface area contributed by atoms with Gasteiger partial charge in [0.05, 0.1) is 29.3 Å². The average molecular weight is 570 g/mol. The van der Waals surface area contributed by atoms with Crippen molar-refractivity contribution in [2.45, 2.75) is 19.8 Å². The molecule has 0 bridgehead atoms. The Morgan fingerprint density at radius 1 is 1.14 bits per heavy atom. The molecule has 7 rings (SSSR count). The molecule has 0 saturated carbocycles. The van der Waals surface area contributed by atoms with Gasteiger partial charge in [-0.1, -0.05) is 12.1 Å². The molecule has 5 aromatic rings. The number of para-hydroxylation sites is 1. The summed E-state index contributed by atoms with van der Waals surface area (Å²) in [6.45, 7) is 5.84. The minimum Gasteiger partial charge on any atom is -0.433 e. The normalized spacial score (nSPS) is 15.1. The van der Waals surface area contributed by atoms with Crippen LogP contribution >= 0.6 is 0 Å². The number of carbonyl (C=O) groups is 1. The van der Waals surface area contributed by atoms with Gasteiger partial charge in [-0.25, -0.2) is 18.4 Å². The van der Waals surface area contributed by atoms with Crippen molar-refractivity contribution in [2.24, 2.45) is 5.92 Å². The molecule has 2 aliphatic rings. The zero-order chi connectivity index (χ0) is 29.0. The highest BCUT2D eigenvalue weighted by molar-refractivity contribution is 6.13. The molecule has 42 heavy (non-hydrogen) atoms. The third kappa shape index (κ3) is 4.46. The number of H-pyrrole nitrogens is 1. The zero-order valence-corrected chi connectivity index (χ0v) is 23.0. The first kappa shape index (κ1) is 26.1. The summed E-state index contributed by atoms with van der Waals surface area (Å²) in [6.07, 6.45) is 5.01. The van der Waals surface area contributed by atoms with Crippen LogP contribution in [0.2, 0.25) is 0 Å². The van der Waals surface area contributed by atoms with Crippen LogP contribution in [0, 0.1) is 24.5 Å². The SMILES string of the molecule is Cc1cc(Oc2c(F)cccc2F)ncc1-n1ncc(C(=O)c2cc3c4c(ccc3[nH]2)CCCN4CC2CNC2)c1N. The fraction of sp³-hybridized carbons (Fsp3) is 0.258. The van der Waals surface area contributed by atoms with E-state index >= 15 is 0 Å². The van der Waals surface area contributed by atoms with E-state index in [9.17, 15) is 13.6 Å². The van der Waals surface area contributed by atoms with Crippen LogP contribution in [0.4, 0.5) is 20.3 Å². The van der Waals surface area contributed by atoms with E-state index in [-0.39, 0.29) is 23.0 Å². The number of pyridine rings is 1. The Morgan fingerprint density at radius 3 is 2.69 bits per heavy atom. The van der Waals surface area contributed by atoms with Gasteiger partial charge < -0.3 is 25.7 Å². The molecule has 1 fully saturated rings. The van der Waals surface area contributed by atoms with Crippen molar-refractivity contribution in [2.75, 3.05) is 36.8 Å². The van der Waals surface area contributed by atoms with Gasteiger partial charge in [0.1, 0.15) is 5.82 Å². The molecule has 11 heteroatoms. The molecule has 4 N–H and O–H groups in total. The van der Waals surface area contributed by atoms with E-state index in [0.717, 1.165) is 62.1 Å². The number of hydrogen-bond acceptors (Lipinski definition) is 7. The molecule has 0 radical (unpaired) electrons. The van der Waals surface area contributed by atoms with Gasteiger partial charge in [0, 0.05) is 54.8 Å². The summed E-state index contributed by atoms with van der Waals surface area (Å²) in [5.41, 5.74) is 11.7. The van der Waals surface area contributed by atoms with Crippen LogP contribution in [0.5, 0.6) is 11.6 Å². The van der Waals surface area contributed by atoms with Crippen molar-refractivity contribution in [3.63, 3.8) is 0 Å². The maximum absolute atomic E-state index is 14.0. The molecule has 0 amide bonds. The van der Waals surface area contributed by atoms with E-state index in [1.54, 1.807) is 6.92 Å². The summed E-state index contributed by atoms with van der Waals surface area (Å²) in [4.78, 5) is 23.6. The summed E-state index contributed by atoms with van der Waals surface area (Å²) in [5.74, 6) is -1.68. The van der Waals surface area contributed by atoms with Crippen molar-refractivity contribution >= 4 is 28.2 Å². The van der Waals surface area contributed by atoms with E-state index in [0.29, 0.717) is 22.9 Å². The van der Waals surface area contributed by atoms with Gasteiger partial charge >= 0.3 is 0 Å². The van der Waals surface area contributed by atoms with Crippen molar-refractivity contribution < 1.29 is 18.3 Å². The lowest BCUT2D eigenvalue weighted by Crippen LogP contribution is -2.49. The number of fused-ring (bicyclic) bond motifs is 3. The van der Waals surface area contributed by atoms with Gasteiger partial charge in [-0.2, -0.15) is 5.10 Å². The Balaban J connectivity index is 1.17. The Labute approximate surface area is 240 Å². The highest BCUT2D eigenvalue weighted by Crippen LogP contribution is 2.37. The maximum atomic E-state index is 14.0. The Kier molecular flexibility index (Phi) is 6.38. The van der Waals surface area contributed by atoms with Crippen LogP contribution in [0.1, 0.15) is 33.6 Å². The Hall–Kier alpha value is -4.77. The number of aryl methyl sites for hydroxylation is 2. The molecular weight excluding hydrogens is 540 g/mol. The van der Waals surface area contributed by atoms with Crippen LogP contribution in [0.3, 0.4) is 0 Å². The Morgan fingerprint density at radius 2 is 1.95 bits per heavy atom. The average Bonchev–Trinajstić information content (AvgIpc) is 3.56. The predicted octanol–water partition coefficient (Wildman–Crippen LogP) is 4.91. The third-order valence-electron chi connectivity index (χ3n) is 8.10. The minimum absolute atomic E-state index is 0.00583. The van der Waals surface area contributed by atoms with Gasteiger partial charge in [0.15, 0.2) is 11.6 Å². The van der Waals surface area contributed by atoms with Gasteiger partial charge in [-0.3, -0.25) is 4.79 Å². The molecular formula is C31H29F2N7O2. The number of aromatic amines is 1. The van der Waals surface area contributed by atoms with Gasteiger partial charge in [0.25, 0.3) is 0 Å².